The van der Waals surface area contributed by atoms with Gasteiger partial charge < -0.3 is 10.5 Å². The zero-order valence-corrected chi connectivity index (χ0v) is 11.5. The van der Waals surface area contributed by atoms with Gasteiger partial charge in [-0.05, 0) is 30.5 Å². The normalized spacial score (nSPS) is 19.6. The molecule has 4 nitrogen and oxygen atoms in total. The Labute approximate surface area is 114 Å². The lowest BCUT2D eigenvalue weighted by atomic mass is 10.0. The maximum absolute atomic E-state index is 11.4. The molecule has 0 aliphatic carbocycles. The van der Waals surface area contributed by atoms with Crippen molar-refractivity contribution >= 4 is 5.97 Å². The van der Waals surface area contributed by atoms with Crippen LogP contribution in [-0.4, -0.2) is 37.1 Å². The first kappa shape index (κ1) is 14.0. The van der Waals surface area contributed by atoms with Gasteiger partial charge in [0.15, 0.2) is 0 Å². The molecule has 1 unspecified atom stereocenters. The highest BCUT2D eigenvalue weighted by Gasteiger charge is 2.23. The van der Waals surface area contributed by atoms with E-state index in [1.54, 1.807) is 0 Å². The molecule has 1 aliphatic rings. The third kappa shape index (κ3) is 3.55. The van der Waals surface area contributed by atoms with Crippen LogP contribution in [0.25, 0.3) is 0 Å². The molecule has 4 heteroatoms. The van der Waals surface area contributed by atoms with Crippen LogP contribution in [0.15, 0.2) is 24.3 Å². The van der Waals surface area contributed by atoms with Crippen molar-refractivity contribution in [3.05, 3.63) is 35.4 Å². The monoisotopic (exact) mass is 262 g/mol. The van der Waals surface area contributed by atoms with E-state index in [0.717, 1.165) is 18.7 Å². The fraction of sp³-hybridized carbons (Fsp3) is 0.533. The minimum Gasteiger partial charge on any atom is -0.469 e. The lowest BCUT2D eigenvalue weighted by Gasteiger charge is -2.24. The summed E-state index contributed by atoms with van der Waals surface area (Å²) in [6.07, 6.45) is 2.73. The summed E-state index contributed by atoms with van der Waals surface area (Å²) < 4.78 is 4.75. The molecule has 0 bridgehead atoms. The highest BCUT2D eigenvalue weighted by Crippen LogP contribution is 2.21. The number of benzene rings is 1. The predicted octanol–water partition coefficient (Wildman–Crippen LogP) is 1.33. The Morgan fingerprint density at radius 3 is 2.84 bits per heavy atom. The predicted molar refractivity (Wildman–Crippen MR) is 74.6 cm³/mol. The molecular formula is C15H22N2O2. The molecule has 1 saturated heterocycles. The number of hydrogen-bond donors (Lipinski definition) is 1. The summed E-state index contributed by atoms with van der Waals surface area (Å²) in [6, 6.07) is 8.55. The molecule has 2 rings (SSSR count). The minimum atomic E-state index is -0.191. The van der Waals surface area contributed by atoms with E-state index < -0.39 is 0 Å². The zero-order valence-electron chi connectivity index (χ0n) is 11.5. The van der Waals surface area contributed by atoms with Crippen LogP contribution in [0, 0.1) is 0 Å². The van der Waals surface area contributed by atoms with Crippen LogP contribution in [0.1, 0.15) is 24.0 Å². The molecule has 1 atom stereocenters. The van der Waals surface area contributed by atoms with Crippen LogP contribution in [0.5, 0.6) is 0 Å². The fourth-order valence-corrected chi connectivity index (χ4v) is 2.70. The van der Waals surface area contributed by atoms with E-state index in [2.05, 4.69) is 11.0 Å². The second-order valence-corrected chi connectivity index (χ2v) is 5.02. The first-order valence-electron chi connectivity index (χ1n) is 6.82. The van der Waals surface area contributed by atoms with Gasteiger partial charge in [-0.15, -0.1) is 0 Å². The van der Waals surface area contributed by atoms with Crippen LogP contribution in [-0.2, 0) is 22.5 Å². The molecule has 0 amide bonds. The summed E-state index contributed by atoms with van der Waals surface area (Å²) in [6.45, 7) is 2.67. The number of rotatable bonds is 5. The number of hydrogen-bond acceptors (Lipinski definition) is 4. The fourth-order valence-electron chi connectivity index (χ4n) is 2.70. The molecule has 0 radical (unpaired) electrons. The topological polar surface area (TPSA) is 55.6 Å². The van der Waals surface area contributed by atoms with E-state index in [1.807, 2.05) is 18.2 Å². The van der Waals surface area contributed by atoms with Gasteiger partial charge in [0.05, 0.1) is 13.5 Å². The SMILES string of the molecule is COC(=O)Cc1ccccc1CN1CCCC1CN. The summed E-state index contributed by atoms with van der Waals surface area (Å²) in [4.78, 5) is 13.8. The molecule has 2 N–H and O–H groups in total. The van der Waals surface area contributed by atoms with Crippen molar-refractivity contribution in [3.63, 3.8) is 0 Å². The summed E-state index contributed by atoms with van der Waals surface area (Å²) >= 11 is 0. The van der Waals surface area contributed by atoms with Crippen molar-refractivity contribution in [3.8, 4) is 0 Å². The Morgan fingerprint density at radius 2 is 2.16 bits per heavy atom. The van der Waals surface area contributed by atoms with Crippen molar-refractivity contribution in [2.24, 2.45) is 5.73 Å². The lowest BCUT2D eigenvalue weighted by molar-refractivity contribution is -0.139. The molecule has 1 fully saturated rings. The van der Waals surface area contributed by atoms with E-state index in [0.29, 0.717) is 19.0 Å². The van der Waals surface area contributed by atoms with Crippen LogP contribution in [0.2, 0.25) is 0 Å². The van der Waals surface area contributed by atoms with Crippen molar-refractivity contribution in [1.82, 2.24) is 4.90 Å². The Morgan fingerprint density at radius 1 is 1.42 bits per heavy atom. The number of ether oxygens (including phenoxy) is 1. The number of carbonyl (C=O) groups excluding carboxylic acids is 1. The first-order valence-corrected chi connectivity index (χ1v) is 6.82. The van der Waals surface area contributed by atoms with Gasteiger partial charge in [0.25, 0.3) is 0 Å². The average Bonchev–Trinajstić information content (AvgIpc) is 2.88. The molecule has 0 saturated carbocycles. The van der Waals surface area contributed by atoms with Gasteiger partial charge in [0.1, 0.15) is 0 Å². The van der Waals surface area contributed by atoms with Gasteiger partial charge >= 0.3 is 5.97 Å². The third-order valence-electron chi connectivity index (χ3n) is 3.83. The minimum absolute atomic E-state index is 0.191. The van der Waals surface area contributed by atoms with Crippen LogP contribution >= 0.6 is 0 Å². The number of likely N-dealkylation sites (tertiary alicyclic amines) is 1. The van der Waals surface area contributed by atoms with Gasteiger partial charge in [0.2, 0.25) is 0 Å². The van der Waals surface area contributed by atoms with E-state index in [-0.39, 0.29) is 5.97 Å². The molecule has 1 heterocycles. The standard InChI is InChI=1S/C15H22N2O2/c1-19-15(18)9-12-5-2-3-6-13(12)11-17-8-4-7-14(17)10-16/h2-3,5-6,14H,4,7-11,16H2,1H3. The number of methoxy groups -OCH3 is 1. The van der Waals surface area contributed by atoms with Crippen molar-refractivity contribution in [1.29, 1.82) is 0 Å². The maximum atomic E-state index is 11.4. The first-order chi connectivity index (χ1) is 9.24. The van der Waals surface area contributed by atoms with Gasteiger partial charge in [-0.3, -0.25) is 9.69 Å². The van der Waals surface area contributed by atoms with Gasteiger partial charge in [-0.2, -0.15) is 0 Å². The highest BCUT2D eigenvalue weighted by molar-refractivity contribution is 5.72. The quantitative estimate of drug-likeness (QED) is 0.813. The molecule has 1 aromatic rings. The molecule has 19 heavy (non-hydrogen) atoms. The molecule has 1 aliphatic heterocycles. The molecule has 0 spiro atoms. The third-order valence-corrected chi connectivity index (χ3v) is 3.83. The zero-order chi connectivity index (χ0) is 13.7. The van der Waals surface area contributed by atoms with E-state index in [9.17, 15) is 4.79 Å². The second-order valence-electron chi connectivity index (χ2n) is 5.02. The lowest BCUT2D eigenvalue weighted by Crippen LogP contribution is -2.35. The molecular weight excluding hydrogens is 240 g/mol. The molecule has 104 valence electrons. The van der Waals surface area contributed by atoms with Crippen molar-refractivity contribution in [2.75, 3.05) is 20.2 Å². The smallest absolute Gasteiger partial charge is 0.309 e. The van der Waals surface area contributed by atoms with Crippen LogP contribution in [0.4, 0.5) is 0 Å². The van der Waals surface area contributed by atoms with Gasteiger partial charge in [0, 0.05) is 19.1 Å². The summed E-state index contributed by atoms with van der Waals surface area (Å²) in [5, 5.41) is 0. The van der Waals surface area contributed by atoms with E-state index in [4.69, 9.17) is 10.5 Å². The second kappa shape index (κ2) is 6.68. The largest absolute Gasteiger partial charge is 0.469 e. The van der Waals surface area contributed by atoms with Gasteiger partial charge in [-0.25, -0.2) is 0 Å². The van der Waals surface area contributed by atoms with Crippen molar-refractivity contribution < 1.29 is 9.53 Å². The summed E-state index contributed by atoms with van der Waals surface area (Å²) in [5.41, 5.74) is 8.06. The molecule has 1 aromatic carbocycles. The van der Waals surface area contributed by atoms with E-state index >= 15 is 0 Å². The number of esters is 1. The summed E-state index contributed by atoms with van der Waals surface area (Å²) in [7, 11) is 1.43. The Hall–Kier alpha value is -1.39. The summed E-state index contributed by atoms with van der Waals surface area (Å²) in [5.74, 6) is -0.191. The number of carbonyl (C=O) groups is 1. The van der Waals surface area contributed by atoms with E-state index in [1.165, 1.54) is 25.5 Å². The van der Waals surface area contributed by atoms with Gasteiger partial charge in [-0.1, -0.05) is 24.3 Å². The number of nitrogens with two attached hydrogens (primary N) is 1. The Bertz CT molecular complexity index is 434. The highest BCUT2D eigenvalue weighted by atomic mass is 16.5. The number of nitrogens with zero attached hydrogens (tertiary/aromatic N) is 1. The maximum Gasteiger partial charge on any atom is 0.309 e. The van der Waals surface area contributed by atoms with Crippen LogP contribution in [0.3, 0.4) is 0 Å². The Balaban J connectivity index is 2.09. The Kier molecular flexibility index (Phi) is 4.93. The molecule has 0 aromatic heterocycles. The van der Waals surface area contributed by atoms with Crippen LogP contribution < -0.4 is 5.73 Å². The van der Waals surface area contributed by atoms with Crippen molar-refractivity contribution in [2.45, 2.75) is 31.8 Å². The average molecular weight is 262 g/mol.